The van der Waals surface area contributed by atoms with Crippen molar-refractivity contribution in [2.75, 3.05) is 47.4 Å². The summed E-state index contributed by atoms with van der Waals surface area (Å²) in [5.74, 6) is 0.911. The van der Waals surface area contributed by atoms with Crippen molar-refractivity contribution in [1.82, 2.24) is 15.1 Å². The molecule has 4 heteroatoms. The van der Waals surface area contributed by atoms with Gasteiger partial charge < -0.3 is 10.1 Å². The number of rotatable bonds is 5. The maximum absolute atomic E-state index is 5.24. The lowest BCUT2D eigenvalue weighted by Gasteiger charge is -2.46. The first-order valence-electron chi connectivity index (χ1n) is 7.71. The predicted octanol–water partition coefficient (Wildman–Crippen LogP) is 1.98. The van der Waals surface area contributed by atoms with Gasteiger partial charge in [0.05, 0.1) is 7.11 Å². The van der Waals surface area contributed by atoms with Crippen molar-refractivity contribution in [2.24, 2.45) is 0 Å². The normalized spacial score (nSPS) is 21.2. The number of benzene rings is 1. The molecule has 1 fully saturated rings. The first-order valence-corrected chi connectivity index (χ1v) is 7.71. The van der Waals surface area contributed by atoms with Crippen molar-refractivity contribution in [3.8, 4) is 5.75 Å². The van der Waals surface area contributed by atoms with Gasteiger partial charge in [0, 0.05) is 37.8 Å². The average molecular weight is 291 g/mol. The van der Waals surface area contributed by atoms with Crippen LogP contribution in [0.25, 0.3) is 0 Å². The molecule has 1 saturated heterocycles. The maximum atomic E-state index is 5.24. The molecule has 1 aliphatic rings. The Morgan fingerprint density at radius 1 is 1.24 bits per heavy atom. The molecule has 4 nitrogen and oxygen atoms in total. The molecular formula is C17H29N3O. The monoisotopic (exact) mass is 291 g/mol. The zero-order valence-corrected chi connectivity index (χ0v) is 14.0. The molecule has 1 N–H and O–H groups in total. The molecule has 0 radical (unpaired) electrons. The zero-order chi connectivity index (χ0) is 15.5. The number of nitrogens with zero attached hydrogens (tertiary/aromatic N) is 2. The van der Waals surface area contributed by atoms with Crippen LogP contribution in [0.4, 0.5) is 0 Å². The number of methoxy groups -OCH3 is 1. The molecule has 21 heavy (non-hydrogen) atoms. The highest BCUT2D eigenvalue weighted by molar-refractivity contribution is 5.29. The Morgan fingerprint density at radius 2 is 1.90 bits per heavy atom. The second kappa shape index (κ2) is 6.77. The van der Waals surface area contributed by atoms with E-state index >= 15 is 0 Å². The Labute approximate surface area is 129 Å². The molecule has 0 aromatic heterocycles. The molecule has 0 bridgehead atoms. The van der Waals surface area contributed by atoms with E-state index in [1.54, 1.807) is 7.11 Å². The second-order valence-corrected chi connectivity index (χ2v) is 6.58. The lowest BCUT2D eigenvalue weighted by molar-refractivity contribution is 0.0355. The number of ether oxygens (including phenoxy) is 1. The van der Waals surface area contributed by atoms with E-state index in [9.17, 15) is 0 Å². The summed E-state index contributed by atoms with van der Waals surface area (Å²) in [6.45, 7) is 9.06. The van der Waals surface area contributed by atoms with Gasteiger partial charge in [-0.15, -0.1) is 0 Å². The van der Waals surface area contributed by atoms with Crippen LogP contribution in [0.3, 0.4) is 0 Å². The number of hydrogen-bond acceptors (Lipinski definition) is 4. The third-order valence-corrected chi connectivity index (χ3v) is 4.70. The Kier molecular flexibility index (Phi) is 5.25. The molecule has 0 aliphatic carbocycles. The van der Waals surface area contributed by atoms with E-state index in [0.29, 0.717) is 6.04 Å². The van der Waals surface area contributed by atoms with Crippen molar-refractivity contribution in [3.63, 3.8) is 0 Å². The molecule has 118 valence electrons. The van der Waals surface area contributed by atoms with Crippen molar-refractivity contribution >= 4 is 0 Å². The van der Waals surface area contributed by atoms with Crippen LogP contribution in [0.15, 0.2) is 24.3 Å². The van der Waals surface area contributed by atoms with Gasteiger partial charge in [-0.1, -0.05) is 12.1 Å². The third-order valence-electron chi connectivity index (χ3n) is 4.70. The van der Waals surface area contributed by atoms with E-state index in [0.717, 1.165) is 31.9 Å². The van der Waals surface area contributed by atoms with Crippen molar-refractivity contribution in [1.29, 1.82) is 0 Å². The fourth-order valence-corrected chi connectivity index (χ4v) is 2.95. The van der Waals surface area contributed by atoms with Crippen LogP contribution in [0.2, 0.25) is 0 Å². The van der Waals surface area contributed by atoms with Crippen molar-refractivity contribution in [2.45, 2.75) is 25.4 Å². The minimum Gasteiger partial charge on any atom is -0.497 e. The fourth-order valence-electron chi connectivity index (χ4n) is 2.95. The van der Waals surface area contributed by atoms with Gasteiger partial charge in [-0.3, -0.25) is 9.80 Å². The lowest BCUT2D eigenvalue weighted by atomic mass is 9.98. The van der Waals surface area contributed by atoms with Crippen LogP contribution >= 0.6 is 0 Å². The fraction of sp³-hybridized carbons (Fsp3) is 0.647. The minimum absolute atomic E-state index is 0.246. The third kappa shape index (κ3) is 3.96. The largest absolute Gasteiger partial charge is 0.497 e. The molecule has 1 heterocycles. The predicted molar refractivity (Wildman–Crippen MR) is 87.9 cm³/mol. The summed E-state index contributed by atoms with van der Waals surface area (Å²) in [5, 5.41) is 3.45. The molecule has 1 unspecified atom stereocenters. The SMILES string of the molecule is CNC(CN1CCN(C)C(C)(C)C1)c1ccc(OC)cc1. The molecule has 0 saturated carbocycles. The van der Waals surface area contributed by atoms with E-state index in [1.165, 1.54) is 5.56 Å². The molecule has 1 aromatic carbocycles. The van der Waals surface area contributed by atoms with Crippen LogP contribution < -0.4 is 10.1 Å². The average Bonchev–Trinajstić information content (AvgIpc) is 2.48. The molecule has 1 aromatic rings. The van der Waals surface area contributed by atoms with Crippen LogP contribution in [-0.2, 0) is 0 Å². The van der Waals surface area contributed by atoms with E-state index < -0.39 is 0 Å². The van der Waals surface area contributed by atoms with Gasteiger partial charge in [-0.05, 0) is 45.6 Å². The molecular weight excluding hydrogens is 262 g/mol. The van der Waals surface area contributed by atoms with E-state index in [2.05, 4.69) is 48.1 Å². The smallest absolute Gasteiger partial charge is 0.118 e. The van der Waals surface area contributed by atoms with E-state index in [-0.39, 0.29) is 5.54 Å². The van der Waals surface area contributed by atoms with Gasteiger partial charge in [-0.2, -0.15) is 0 Å². The van der Waals surface area contributed by atoms with Crippen LogP contribution in [0, 0.1) is 0 Å². The first-order chi connectivity index (χ1) is 9.96. The minimum atomic E-state index is 0.246. The van der Waals surface area contributed by atoms with Crippen LogP contribution in [0.1, 0.15) is 25.5 Å². The van der Waals surface area contributed by atoms with Gasteiger partial charge in [0.1, 0.15) is 5.75 Å². The van der Waals surface area contributed by atoms with Crippen LogP contribution in [0.5, 0.6) is 5.75 Å². The second-order valence-electron chi connectivity index (χ2n) is 6.58. The Morgan fingerprint density at radius 3 is 2.43 bits per heavy atom. The highest BCUT2D eigenvalue weighted by atomic mass is 16.5. The van der Waals surface area contributed by atoms with Gasteiger partial charge in [0.2, 0.25) is 0 Å². The Bertz CT molecular complexity index is 444. The number of nitrogens with one attached hydrogen (secondary N) is 1. The molecule has 2 rings (SSSR count). The summed E-state index contributed by atoms with van der Waals surface area (Å²) in [4.78, 5) is 5.01. The first kappa shape index (κ1) is 16.3. The maximum Gasteiger partial charge on any atom is 0.118 e. The Balaban J connectivity index is 2.01. The highest BCUT2D eigenvalue weighted by Gasteiger charge is 2.31. The summed E-state index contributed by atoms with van der Waals surface area (Å²) < 4.78 is 5.24. The quantitative estimate of drug-likeness (QED) is 0.898. The van der Waals surface area contributed by atoms with Gasteiger partial charge in [-0.25, -0.2) is 0 Å². The molecule has 0 spiro atoms. The Hall–Kier alpha value is -1.10. The zero-order valence-electron chi connectivity index (χ0n) is 14.0. The van der Waals surface area contributed by atoms with E-state index in [4.69, 9.17) is 4.74 Å². The van der Waals surface area contributed by atoms with E-state index in [1.807, 2.05) is 19.2 Å². The highest BCUT2D eigenvalue weighted by Crippen LogP contribution is 2.23. The standard InChI is InChI=1S/C17H29N3O/c1-17(2)13-20(11-10-19(17)4)12-16(18-3)14-6-8-15(21-5)9-7-14/h6-9,16,18H,10-13H2,1-5H3. The molecule has 1 atom stereocenters. The summed E-state index contributed by atoms with van der Waals surface area (Å²) >= 11 is 0. The lowest BCUT2D eigenvalue weighted by Crippen LogP contribution is -2.58. The van der Waals surface area contributed by atoms with Gasteiger partial charge in [0.25, 0.3) is 0 Å². The summed E-state index contributed by atoms with van der Waals surface area (Å²) in [5.41, 5.74) is 1.56. The summed E-state index contributed by atoms with van der Waals surface area (Å²) in [6, 6.07) is 8.74. The van der Waals surface area contributed by atoms with Crippen molar-refractivity contribution < 1.29 is 4.74 Å². The summed E-state index contributed by atoms with van der Waals surface area (Å²) in [6.07, 6.45) is 0. The topological polar surface area (TPSA) is 27.7 Å². The van der Waals surface area contributed by atoms with Gasteiger partial charge >= 0.3 is 0 Å². The van der Waals surface area contributed by atoms with Crippen LogP contribution in [-0.4, -0.2) is 62.7 Å². The van der Waals surface area contributed by atoms with Gasteiger partial charge in [0.15, 0.2) is 0 Å². The number of piperazine rings is 1. The molecule has 0 amide bonds. The summed E-state index contributed by atoms with van der Waals surface area (Å²) in [7, 11) is 5.96. The number of likely N-dealkylation sites (N-methyl/N-ethyl adjacent to an activating group) is 2. The molecule has 1 aliphatic heterocycles. The number of hydrogen-bond donors (Lipinski definition) is 1. The van der Waals surface area contributed by atoms with Crippen molar-refractivity contribution in [3.05, 3.63) is 29.8 Å².